The van der Waals surface area contributed by atoms with Gasteiger partial charge in [0.25, 0.3) is 0 Å². The normalized spacial score (nSPS) is 24.4. The smallest absolute Gasteiger partial charge is 0.307 e. The van der Waals surface area contributed by atoms with Gasteiger partial charge in [0.15, 0.2) is 0 Å². The minimum absolute atomic E-state index is 0.182. The molecule has 1 aliphatic carbocycles. The van der Waals surface area contributed by atoms with E-state index in [1.807, 2.05) is 0 Å². The molecule has 2 unspecified atom stereocenters. The molecular formula is C14H14FNO4. The fourth-order valence-corrected chi connectivity index (χ4v) is 2.53. The summed E-state index contributed by atoms with van der Waals surface area (Å²) in [4.78, 5) is 24.6. The van der Waals surface area contributed by atoms with Crippen molar-refractivity contribution in [3.05, 3.63) is 29.6 Å². The fraction of sp³-hybridized carbons (Fsp3) is 0.429. The minimum atomic E-state index is -0.930. The molecule has 1 saturated carbocycles. The quantitative estimate of drug-likeness (QED) is 0.885. The first-order valence-electron chi connectivity index (χ1n) is 6.49. The first-order valence-corrected chi connectivity index (χ1v) is 6.49. The number of ether oxygens (including phenoxy) is 1. The summed E-state index contributed by atoms with van der Waals surface area (Å²) < 4.78 is 18.7. The Morgan fingerprint density at radius 1 is 1.35 bits per heavy atom. The van der Waals surface area contributed by atoms with Crippen LogP contribution in [0.5, 0.6) is 5.75 Å². The monoisotopic (exact) mass is 279 g/mol. The lowest BCUT2D eigenvalue weighted by atomic mass is 10.1. The van der Waals surface area contributed by atoms with Gasteiger partial charge in [-0.3, -0.25) is 9.59 Å². The number of hydrogen-bond donors (Lipinski definition) is 1. The van der Waals surface area contributed by atoms with Gasteiger partial charge in [0, 0.05) is 12.1 Å². The minimum Gasteiger partial charge on any atom is -0.491 e. The highest BCUT2D eigenvalue weighted by Crippen LogP contribution is 2.40. The third-order valence-electron chi connectivity index (χ3n) is 3.74. The zero-order valence-electron chi connectivity index (χ0n) is 10.7. The maximum absolute atomic E-state index is 13.3. The van der Waals surface area contributed by atoms with Crippen LogP contribution in [-0.4, -0.2) is 35.0 Å². The van der Waals surface area contributed by atoms with Crippen LogP contribution in [0.3, 0.4) is 0 Å². The van der Waals surface area contributed by atoms with Crippen LogP contribution in [0.2, 0.25) is 0 Å². The van der Waals surface area contributed by atoms with Crippen molar-refractivity contribution < 1.29 is 23.8 Å². The van der Waals surface area contributed by atoms with Gasteiger partial charge in [0.1, 0.15) is 18.2 Å². The van der Waals surface area contributed by atoms with Crippen molar-refractivity contribution in [3.8, 4) is 5.75 Å². The van der Waals surface area contributed by atoms with Crippen molar-refractivity contribution in [2.24, 2.45) is 11.8 Å². The van der Waals surface area contributed by atoms with E-state index in [0.717, 1.165) is 0 Å². The van der Waals surface area contributed by atoms with E-state index in [2.05, 4.69) is 0 Å². The van der Waals surface area contributed by atoms with Crippen LogP contribution in [0.15, 0.2) is 18.2 Å². The van der Waals surface area contributed by atoms with Crippen molar-refractivity contribution >= 4 is 11.9 Å². The zero-order chi connectivity index (χ0) is 14.3. The number of fused-ring (bicyclic) bond motifs is 1. The lowest BCUT2D eigenvalue weighted by Gasteiger charge is -2.19. The van der Waals surface area contributed by atoms with Gasteiger partial charge >= 0.3 is 5.97 Å². The first-order chi connectivity index (χ1) is 9.56. The second kappa shape index (κ2) is 4.77. The van der Waals surface area contributed by atoms with Gasteiger partial charge in [-0.2, -0.15) is 0 Å². The molecule has 1 N–H and O–H groups in total. The van der Waals surface area contributed by atoms with Crippen molar-refractivity contribution in [2.45, 2.75) is 13.0 Å². The number of carbonyl (C=O) groups excluding carboxylic acids is 1. The highest BCUT2D eigenvalue weighted by Gasteiger charge is 2.49. The Bertz CT molecular complexity index is 574. The zero-order valence-corrected chi connectivity index (χ0v) is 10.7. The summed E-state index contributed by atoms with van der Waals surface area (Å²) in [7, 11) is 0. The number of hydrogen-bond acceptors (Lipinski definition) is 3. The van der Waals surface area contributed by atoms with Crippen molar-refractivity contribution in [1.82, 2.24) is 4.90 Å². The molecule has 1 fully saturated rings. The number of benzene rings is 1. The van der Waals surface area contributed by atoms with Gasteiger partial charge in [-0.25, -0.2) is 4.39 Å². The number of halogens is 1. The molecule has 0 aromatic heterocycles. The Labute approximate surface area is 114 Å². The van der Waals surface area contributed by atoms with Gasteiger partial charge in [-0.15, -0.1) is 0 Å². The number of carboxylic acid groups (broad SMARTS) is 1. The van der Waals surface area contributed by atoms with Crippen LogP contribution in [0.4, 0.5) is 4.39 Å². The first kappa shape index (κ1) is 12.9. The van der Waals surface area contributed by atoms with Crippen LogP contribution in [-0.2, 0) is 16.1 Å². The Balaban J connectivity index is 1.76. The van der Waals surface area contributed by atoms with Gasteiger partial charge in [0.05, 0.1) is 18.4 Å². The Kier molecular flexibility index (Phi) is 3.08. The number of carbonyl (C=O) groups is 2. The molecule has 0 bridgehead atoms. The number of rotatable bonds is 2. The molecule has 6 heteroatoms. The van der Waals surface area contributed by atoms with Crippen LogP contribution in [0, 0.1) is 17.7 Å². The summed E-state index contributed by atoms with van der Waals surface area (Å²) in [6.45, 7) is 0.974. The van der Waals surface area contributed by atoms with E-state index in [9.17, 15) is 14.0 Å². The average molecular weight is 279 g/mol. The standard InChI is InChI=1S/C14H14FNO4/c15-9-1-2-12-8(5-9)7-16(3-4-20-12)13(17)10-6-11(10)14(18)19/h1-2,5,10-11H,3-4,6-7H2,(H,18,19). The second-order valence-electron chi connectivity index (χ2n) is 5.15. The molecule has 2 aliphatic rings. The van der Waals surface area contributed by atoms with E-state index in [0.29, 0.717) is 30.9 Å². The predicted octanol–water partition coefficient (Wildman–Crippen LogP) is 1.27. The third kappa shape index (κ3) is 2.33. The van der Waals surface area contributed by atoms with E-state index in [1.54, 1.807) is 11.0 Å². The molecular weight excluding hydrogens is 265 g/mol. The summed E-state index contributed by atoms with van der Waals surface area (Å²) >= 11 is 0. The molecule has 1 aliphatic heterocycles. The molecule has 1 amide bonds. The fourth-order valence-electron chi connectivity index (χ4n) is 2.53. The summed E-state index contributed by atoms with van der Waals surface area (Å²) in [5.74, 6) is -1.93. The molecule has 1 heterocycles. The third-order valence-corrected chi connectivity index (χ3v) is 3.74. The largest absolute Gasteiger partial charge is 0.491 e. The Morgan fingerprint density at radius 3 is 2.85 bits per heavy atom. The highest BCUT2D eigenvalue weighted by molar-refractivity contribution is 5.89. The van der Waals surface area contributed by atoms with Crippen molar-refractivity contribution in [3.63, 3.8) is 0 Å². The Morgan fingerprint density at radius 2 is 2.15 bits per heavy atom. The number of carboxylic acids is 1. The maximum atomic E-state index is 13.3. The molecule has 3 rings (SSSR count). The predicted molar refractivity (Wildman–Crippen MR) is 66.5 cm³/mol. The molecule has 0 spiro atoms. The van der Waals surface area contributed by atoms with Crippen LogP contribution in [0.1, 0.15) is 12.0 Å². The lowest BCUT2D eigenvalue weighted by Crippen LogP contribution is -2.34. The molecule has 0 radical (unpaired) electrons. The molecule has 5 nitrogen and oxygen atoms in total. The van der Waals surface area contributed by atoms with E-state index in [-0.39, 0.29) is 18.3 Å². The summed E-state index contributed by atoms with van der Waals surface area (Å²) in [6.07, 6.45) is 0.390. The van der Waals surface area contributed by atoms with Crippen molar-refractivity contribution in [2.75, 3.05) is 13.2 Å². The van der Waals surface area contributed by atoms with E-state index in [4.69, 9.17) is 9.84 Å². The summed E-state index contributed by atoms with van der Waals surface area (Å²) in [6, 6.07) is 4.22. The number of nitrogens with zero attached hydrogens (tertiary/aromatic N) is 1. The molecule has 1 aromatic carbocycles. The molecule has 20 heavy (non-hydrogen) atoms. The van der Waals surface area contributed by atoms with Gasteiger partial charge in [-0.05, 0) is 24.6 Å². The topological polar surface area (TPSA) is 66.8 Å². The number of amides is 1. The number of aliphatic carboxylic acids is 1. The van der Waals surface area contributed by atoms with Crippen LogP contribution in [0.25, 0.3) is 0 Å². The molecule has 106 valence electrons. The van der Waals surface area contributed by atoms with E-state index < -0.39 is 17.8 Å². The van der Waals surface area contributed by atoms with Gasteiger partial charge in [0.2, 0.25) is 5.91 Å². The second-order valence-corrected chi connectivity index (χ2v) is 5.15. The summed E-state index contributed by atoms with van der Waals surface area (Å²) in [5.41, 5.74) is 0.614. The lowest BCUT2D eigenvalue weighted by molar-refractivity contribution is -0.142. The Hall–Kier alpha value is -2.11. The molecule has 0 saturated heterocycles. The molecule has 1 aromatic rings. The maximum Gasteiger partial charge on any atom is 0.307 e. The van der Waals surface area contributed by atoms with Gasteiger partial charge in [-0.1, -0.05) is 0 Å². The van der Waals surface area contributed by atoms with Crippen LogP contribution < -0.4 is 4.74 Å². The summed E-state index contributed by atoms with van der Waals surface area (Å²) in [5, 5.41) is 8.88. The SMILES string of the molecule is O=C(O)C1CC1C(=O)N1CCOc2ccc(F)cc2C1. The van der Waals surface area contributed by atoms with Crippen molar-refractivity contribution in [1.29, 1.82) is 0 Å². The average Bonchev–Trinajstić information content (AvgIpc) is 3.20. The highest BCUT2D eigenvalue weighted by atomic mass is 19.1. The van der Waals surface area contributed by atoms with E-state index in [1.165, 1.54) is 12.1 Å². The van der Waals surface area contributed by atoms with E-state index >= 15 is 0 Å². The molecule has 2 atom stereocenters. The van der Waals surface area contributed by atoms with Crippen LogP contribution >= 0.6 is 0 Å². The van der Waals surface area contributed by atoms with Gasteiger partial charge < -0.3 is 14.7 Å².